The van der Waals surface area contributed by atoms with Gasteiger partial charge in [0.15, 0.2) is 0 Å². The third kappa shape index (κ3) is 4.85. The topological polar surface area (TPSA) is 59.0 Å². The highest BCUT2D eigenvalue weighted by Crippen LogP contribution is 2.18. The molecule has 0 aliphatic heterocycles. The summed E-state index contributed by atoms with van der Waals surface area (Å²) in [5, 5.41) is 10.8. The van der Waals surface area contributed by atoms with Gasteiger partial charge in [-0.05, 0) is 59.2 Å². The Morgan fingerprint density at radius 1 is 1.21 bits per heavy atom. The van der Waals surface area contributed by atoms with Gasteiger partial charge in [-0.1, -0.05) is 11.6 Å². The van der Waals surface area contributed by atoms with Crippen molar-refractivity contribution in [3.8, 4) is 0 Å². The van der Waals surface area contributed by atoms with Gasteiger partial charge in [-0.3, -0.25) is 9.48 Å². The van der Waals surface area contributed by atoms with Gasteiger partial charge in [-0.15, -0.1) is 0 Å². The number of anilines is 1. The van der Waals surface area contributed by atoms with E-state index in [1.54, 1.807) is 0 Å². The summed E-state index contributed by atoms with van der Waals surface area (Å²) in [6.45, 7) is 11.6. The molecule has 0 unspecified atom stereocenters. The number of hydrogen-bond donors (Lipinski definition) is 2. The Kier molecular flexibility index (Phi) is 6.01. The molecule has 130 valence electrons. The molecule has 0 atom stereocenters. The molecule has 2 rings (SSSR count). The first-order chi connectivity index (χ1) is 11.4. The normalized spacial score (nSPS) is 10.9. The maximum Gasteiger partial charge on any atom is 0.253 e. The molecule has 2 aromatic rings. The Bertz CT molecular complexity index is 703. The Balaban J connectivity index is 1.92. The average Bonchev–Trinajstić information content (AvgIpc) is 2.82. The zero-order valence-electron chi connectivity index (χ0n) is 15.3. The van der Waals surface area contributed by atoms with Crippen molar-refractivity contribution in [2.75, 3.05) is 11.9 Å². The van der Waals surface area contributed by atoms with Crippen LogP contribution in [0.25, 0.3) is 0 Å². The van der Waals surface area contributed by atoms with Gasteiger partial charge in [0, 0.05) is 30.5 Å². The summed E-state index contributed by atoms with van der Waals surface area (Å²) in [6.07, 6.45) is 0.854. The highest BCUT2D eigenvalue weighted by Gasteiger charge is 2.12. The molecule has 2 N–H and O–H groups in total. The van der Waals surface area contributed by atoms with Crippen LogP contribution >= 0.6 is 0 Å². The second-order valence-electron chi connectivity index (χ2n) is 6.61. The molecule has 1 amide bonds. The van der Waals surface area contributed by atoms with Crippen LogP contribution in [-0.4, -0.2) is 28.3 Å². The molecule has 1 heterocycles. The number of aryl methyl sites for hydroxylation is 4. The molecular formula is C19H28N4O. The number of hydrogen-bond acceptors (Lipinski definition) is 3. The minimum absolute atomic E-state index is 0.0322. The Morgan fingerprint density at radius 3 is 2.58 bits per heavy atom. The number of amides is 1. The smallest absolute Gasteiger partial charge is 0.253 e. The lowest BCUT2D eigenvalue weighted by Crippen LogP contribution is -2.27. The minimum Gasteiger partial charge on any atom is -0.382 e. The van der Waals surface area contributed by atoms with Crippen LogP contribution in [-0.2, 0) is 6.54 Å². The number of nitrogens with zero attached hydrogens (tertiary/aromatic N) is 2. The van der Waals surface area contributed by atoms with Crippen molar-refractivity contribution in [1.82, 2.24) is 15.1 Å². The van der Waals surface area contributed by atoms with E-state index in [2.05, 4.69) is 42.6 Å². The summed E-state index contributed by atoms with van der Waals surface area (Å²) >= 11 is 0. The third-order valence-corrected chi connectivity index (χ3v) is 3.80. The molecule has 5 heteroatoms. The number of carbonyl (C=O) groups excluding carboxylic acids is 1. The van der Waals surface area contributed by atoms with Gasteiger partial charge in [0.05, 0.1) is 11.3 Å². The number of benzene rings is 1. The van der Waals surface area contributed by atoms with Crippen molar-refractivity contribution >= 4 is 11.6 Å². The van der Waals surface area contributed by atoms with E-state index < -0.39 is 0 Å². The van der Waals surface area contributed by atoms with Crippen LogP contribution in [0.1, 0.15) is 47.6 Å². The molecule has 0 fully saturated rings. The summed E-state index contributed by atoms with van der Waals surface area (Å²) in [7, 11) is 0. The van der Waals surface area contributed by atoms with Crippen LogP contribution in [0.4, 0.5) is 5.69 Å². The van der Waals surface area contributed by atoms with Crippen LogP contribution in [0.3, 0.4) is 0 Å². The van der Waals surface area contributed by atoms with E-state index in [0.29, 0.717) is 12.1 Å². The lowest BCUT2D eigenvalue weighted by molar-refractivity contribution is 0.0953. The standard InChI is InChI=1S/C19H28N4O/c1-13(2)21-18-8-7-14(3)11-17(18)19(24)20-9-6-10-23-16(5)12-15(4)22-23/h7-8,11-13,21H,6,9-10H2,1-5H3,(H,20,24). The molecule has 24 heavy (non-hydrogen) atoms. The highest BCUT2D eigenvalue weighted by molar-refractivity contribution is 5.99. The Labute approximate surface area is 144 Å². The predicted molar refractivity (Wildman–Crippen MR) is 98.6 cm³/mol. The fourth-order valence-electron chi connectivity index (χ4n) is 2.71. The van der Waals surface area contributed by atoms with Crippen molar-refractivity contribution in [2.45, 2.75) is 53.6 Å². The molecule has 0 aliphatic carbocycles. The van der Waals surface area contributed by atoms with E-state index in [4.69, 9.17) is 0 Å². The molecule has 1 aromatic heterocycles. The largest absolute Gasteiger partial charge is 0.382 e. The van der Waals surface area contributed by atoms with Crippen LogP contribution < -0.4 is 10.6 Å². The number of nitrogens with one attached hydrogen (secondary N) is 2. The van der Waals surface area contributed by atoms with Crippen molar-refractivity contribution < 1.29 is 4.79 Å². The first-order valence-electron chi connectivity index (χ1n) is 8.53. The average molecular weight is 328 g/mol. The monoisotopic (exact) mass is 328 g/mol. The van der Waals surface area contributed by atoms with Gasteiger partial charge in [-0.25, -0.2) is 0 Å². The molecule has 0 aliphatic rings. The van der Waals surface area contributed by atoms with E-state index >= 15 is 0 Å². The third-order valence-electron chi connectivity index (χ3n) is 3.80. The maximum atomic E-state index is 12.5. The molecular weight excluding hydrogens is 300 g/mol. The molecule has 0 saturated heterocycles. The summed E-state index contributed by atoms with van der Waals surface area (Å²) in [5.41, 5.74) is 4.85. The summed E-state index contributed by atoms with van der Waals surface area (Å²) in [4.78, 5) is 12.5. The summed E-state index contributed by atoms with van der Waals surface area (Å²) < 4.78 is 1.99. The van der Waals surface area contributed by atoms with Crippen LogP contribution in [0.5, 0.6) is 0 Å². The van der Waals surface area contributed by atoms with E-state index in [1.807, 2.05) is 36.7 Å². The lowest BCUT2D eigenvalue weighted by Gasteiger charge is -2.15. The van der Waals surface area contributed by atoms with Gasteiger partial charge in [0.2, 0.25) is 0 Å². The van der Waals surface area contributed by atoms with Crippen LogP contribution in [0.15, 0.2) is 24.3 Å². The van der Waals surface area contributed by atoms with Crippen LogP contribution in [0.2, 0.25) is 0 Å². The highest BCUT2D eigenvalue weighted by atomic mass is 16.1. The van der Waals surface area contributed by atoms with Crippen molar-refractivity contribution in [3.05, 3.63) is 46.8 Å². The molecule has 1 aromatic carbocycles. The molecule has 0 bridgehead atoms. The number of carbonyl (C=O) groups is 1. The number of aromatic nitrogens is 2. The predicted octanol–water partition coefficient (Wildman–Crippen LogP) is 3.45. The fraction of sp³-hybridized carbons (Fsp3) is 0.474. The van der Waals surface area contributed by atoms with E-state index in [-0.39, 0.29) is 11.9 Å². The summed E-state index contributed by atoms with van der Waals surface area (Å²) in [6, 6.07) is 8.27. The van der Waals surface area contributed by atoms with Gasteiger partial charge >= 0.3 is 0 Å². The first-order valence-corrected chi connectivity index (χ1v) is 8.53. The summed E-state index contributed by atoms with van der Waals surface area (Å²) in [5.74, 6) is -0.0322. The minimum atomic E-state index is -0.0322. The SMILES string of the molecule is Cc1ccc(NC(C)C)c(C(=O)NCCCn2nc(C)cc2C)c1. The second-order valence-corrected chi connectivity index (χ2v) is 6.61. The first kappa shape index (κ1) is 18.0. The quantitative estimate of drug-likeness (QED) is 0.765. The van der Waals surface area contributed by atoms with Crippen LogP contribution in [0, 0.1) is 20.8 Å². The molecule has 0 saturated carbocycles. The Morgan fingerprint density at radius 2 is 1.96 bits per heavy atom. The molecule has 0 spiro atoms. The second kappa shape index (κ2) is 7.99. The fourth-order valence-corrected chi connectivity index (χ4v) is 2.71. The van der Waals surface area contributed by atoms with E-state index in [1.165, 1.54) is 0 Å². The molecule has 5 nitrogen and oxygen atoms in total. The van der Waals surface area contributed by atoms with Crippen molar-refractivity contribution in [3.63, 3.8) is 0 Å². The van der Waals surface area contributed by atoms with Crippen molar-refractivity contribution in [1.29, 1.82) is 0 Å². The van der Waals surface area contributed by atoms with Gasteiger partial charge in [0.25, 0.3) is 5.91 Å². The number of rotatable bonds is 7. The van der Waals surface area contributed by atoms with Gasteiger partial charge in [-0.2, -0.15) is 5.10 Å². The molecule has 0 radical (unpaired) electrons. The zero-order chi connectivity index (χ0) is 17.7. The maximum absolute atomic E-state index is 12.5. The lowest BCUT2D eigenvalue weighted by atomic mass is 10.1. The Hall–Kier alpha value is -2.30. The van der Waals surface area contributed by atoms with E-state index in [9.17, 15) is 4.79 Å². The van der Waals surface area contributed by atoms with E-state index in [0.717, 1.165) is 35.6 Å². The zero-order valence-corrected chi connectivity index (χ0v) is 15.3. The van der Waals surface area contributed by atoms with Crippen molar-refractivity contribution in [2.24, 2.45) is 0 Å². The van der Waals surface area contributed by atoms with Gasteiger partial charge < -0.3 is 10.6 Å². The van der Waals surface area contributed by atoms with Gasteiger partial charge in [0.1, 0.15) is 0 Å².